The van der Waals surface area contributed by atoms with Gasteiger partial charge in [-0.2, -0.15) is 0 Å². The van der Waals surface area contributed by atoms with Gasteiger partial charge in [0.05, 0.1) is 12.7 Å². The molecule has 0 aromatic heterocycles. The lowest BCUT2D eigenvalue weighted by atomic mass is 10.1. The number of hydrogen-bond acceptors (Lipinski definition) is 4. The maximum atomic E-state index is 10.7. The molecule has 0 N–H and O–H groups in total. The molecule has 0 amide bonds. The minimum Gasteiger partial charge on any atom is -0.496 e. The van der Waals surface area contributed by atoms with Crippen LogP contribution in [-0.2, 0) is 9.47 Å². The van der Waals surface area contributed by atoms with Gasteiger partial charge in [-0.25, -0.2) is 0 Å². The molecular weight excluding hydrogens is 196 g/mol. The lowest BCUT2D eigenvalue weighted by Crippen LogP contribution is -2.04. The Bertz CT molecular complexity index is 331. The topological polar surface area (TPSA) is 44.8 Å². The van der Waals surface area contributed by atoms with Crippen molar-refractivity contribution in [1.29, 1.82) is 0 Å². The third-order valence-corrected chi connectivity index (χ3v) is 2.08. The van der Waals surface area contributed by atoms with E-state index in [1.54, 1.807) is 32.4 Å². The van der Waals surface area contributed by atoms with E-state index in [-0.39, 0.29) is 0 Å². The SMILES string of the molecule is COc1cc(C(OC)OC)ccc1C=O. The van der Waals surface area contributed by atoms with Crippen LogP contribution in [0.5, 0.6) is 5.75 Å². The first kappa shape index (κ1) is 11.7. The van der Waals surface area contributed by atoms with E-state index in [1.807, 2.05) is 0 Å². The summed E-state index contributed by atoms with van der Waals surface area (Å²) in [7, 11) is 4.61. The van der Waals surface area contributed by atoms with Crippen molar-refractivity contribution in [3.63, 3.8) is 0 Å². The zero-order chi connectivity index (χ0) is 11.3. The normalized spacial score (nSPS) is 10.4. The van der Waals surface area contributed by atoms with Crippen molar-refractivity contribution in [3.05, 3.63) is 29.3 Å². The van der Waals surface area contributed by atoms with Crippen molar-refractivity contribution in [2.75, 3.05) is 21.3 Å². The molecule has 0 saturated carbocycles. The number of methoxy groups -OCH3 is 3. The predicted octanol–water partition coefficient (Wildman–Crippen LogP) is 1.80. The van der Waals surface area contributed by atoms with Gasteiger partial charge in [0.2, 0.25) is 0 Å². The van der Waals surface area contributed by atoms with E-state index in [9.17, 15) is 4.79 Å². The van der Waals surface area contributed by atoms with Gasteiger partial charge in [0.1, 0.15) is 5.75 Å². The largest absolute Gasteiger partial charge is 0.496 e. The van der Waals surface area contributed by atoms with Crippen LogP contribution in [0.25, 0.3) is 0 Å². The van der Waals surface area contributed by atoms with Gasteiger partial charge in [0.25, 0.3) is 0 Å². The summed E-state index contributed by atoms with van der Waals surface area (Å²) >= 11 is 0. The van der Waals surface area contributed by atoms with Crippen LogP contribution in [-0.4, -0.2) is 27.6 Å². The van der Waals surface area contributed by atoms with Gasteiger partial charge in [0, 0.05) is 19.8 Å². The summed E-state index contributed by atoms with van der Waals surface area (Å²) in [6, 6.07) is 5.16. The molecule has 0 bridgehead atoms. The Morgan fingerprint density at radius 2 is 1.87 bits per heavy atom. The molecule has 1 rings (SSSR count). The van der Waals surface area contributed by atoms with Crippen LogP contribution in [0.1, 0.15) is 22.2 Å². The van der Waals surface area contributed by atoms with E-state index in [0.29, 0.717) is 11.3 Å². The first-order valence-corrected chi connectivity index (χ1v) is 4.45. The zero-order valence-electron chi connectivity index (χ0n) is 9.02. The van der Waals surface area contributed by atoms with Gasteiger partial charge in [-0.05, 0) is 12.1 Å². The lowest BCUT2D eigenvalue weighted by Gasteiger charge is -2.15. The molecule has 0 radical (unpaired) electrons. The van der Waals surface area contributed by atoms with E-state index in [4.69, 9.17) is 14.2 Å². The van der Waals surface area contributed by atoms with Crippen LogP contribution in [0.15, 0.2) is 18.2 Å². The first-order chi connectivity index (χ1) is 7.26. The molecule has 15 heavy (non-hydrogen) atoms. The Labute approximate surface area is 88.8 Å². The molecule has 0 unspecified atom stereocenters. The maximum Gasteiger partial charge on any atom is 0.183 e. The minimum absolute atomic E-state index is 0.445. The van der Waals surface area contributed by atoms with Gasteiger partial charge >= 0.3 is 0 Å². The van der Waals surface area contributed by atoms with Gasteiger partial charge in [-0.15, -0.1) is 0 Å². The first-order valence-electron chi connectivity index (χ1n) is 4.45. The van der Waals surface area contributed by atoms with Crippen LogP contribution in [0.4, 0.5) is 0 Å². The second kappa shape index (κ2) is 5.48. The standard InChI is InChI=1S/C11H14O4/c1-13-10-6-8(11(14-2)15-3)4-5-9(10)7-12/h4-7,11H,1-3H3. The Kier molecular flexibility index (Phi) is 4.27. The average Bonchev–Trinajstić information content (AvgIpc) is 2.30. The number of rotatable bonds is 5. The van der Waals surface area contributed by atoms with E-state index < -0.39 is 6.29 Å². The molecule has 0 atom stereocenters. The number of carbonyl (C=O) groups excluding carboxylic acids is 1. The molecule has 0 aliphatic heterocycles. The summed E-state index contributed by atoms with van der Waals surface area (Å²) < 4.78 is 15.3. The fourth-order valence-electron chi connectivity index (χ4n) is 1.34. The number of ether oxygens (including phenoxy) is 3. The van der Waals surface area contributed by atoms with E-state index in [0.717, 1.165) is 11.8 Å². The van der Waals surface area contributed by atoms with Gasteiger partial charge in [-0.3, -0.25) is 4.79 Å². The van der Waals surface area contributed by atoms with Gasteiger partial charge < -0.3 is 14.2 Å². The molecule has 1 aromatic carbocycles. The van der Waals surface area contributed by atoms with E-state index in [2.05, 4.69) is 0 Å². The molecule has 0 heterocycles. The summed E-state index contributed by atoms with van der Waals surface area (Å²) in [4.78, 5) is 10.7. The third kappa shape index (κ3) is 2.55. The van der Waals surface area contributed by atoms with Gasteiger partial charge in [0.15, 0.2) is 12.6 Å². The Hall–Kier alpha value is -1.39. The molecule has 0 aliphatic rings. The lowest BCUT2D eigenvalue weighted by molar-refractivity contribution is -0.106. The third-order valence-electron chi connectivity index (χ3n) is 2.08. The molecule has 4 nitrogen and oxygen atoms in total. The van der Waals surface area contributed by atoms with Gasteiger partial charge in [-0.1, -0.05) is 6.07 Å². The highest BCUT2D eigenvalue weighted by Crippen LogP contribution is 2.24. The van der Waals surface area contributed by atoms with E-state index in [1.165, 1.54) is 7.11 Å². The number of aldehydes is 1. The maximum absolute atomic E-state index is 10.7. The van der Waals surface area contributed by atoms with Crippen molar-refractivity contribution < 1.29 is 19.0 Å². The van der Waals surface area contributed by atoms with Crippen molar-refractivity contribution >= 4 is 6.29 Å². The molecule has 1 aromatic rings. The van der Waals surface area contributed by atoms with Crippen LogP contribution >= 0.6 is 0 Å². The fourth-order valence-corrected chi connectivity index (χ4v) is 1.34. The molecule has 0 fully saturated rings. The van der Waals surface area contributed by atoms with Crippen molar-refractivity contribution in [2.45, 2.75) is 6.29 Å². The van der Waals surface area contributed by atoms with Crippen molar-refractivity contribution in [2.24, 2.45) is 0 Å². The molecule has 0 saturated heterocycles. The Morgan fingerprint density at radius 3 is 2.33 bits per heavy atom. The van der Waals surface area contributed by atoms with Crippen LogP contribution < -0.4 is 4.74 Å². The molecule has 82 valence electrons. The number of hydrogen-bond donors (Lipinski definition) is 0. The number of carbonyl (C=O) groups is 1. The van der Waals surface area contributed by atoms with Crippen molar-refractivity contribution in [1.82, 2.24) is 0 Å². The molecule has 0 aliphatic carbocycles. The summed E-state index contributed by atoms with van der Waals surface area (Å²) in [5.41, 5.74) is 1.31. The predicted molar refractivity (Wildman–Crippen MR) is 55.1 cm³/mol. The van der Waals surface area contributed by atoms with E-state index >= 15 is 0 Å². The Balaban J connectivity index is 3.06. The second-order valence-corrected chi connectivity index (χ2v) is 2.92. The summed E-state index contributed by atoms with van der Waals surface area (Å²) in [5, 5.41) is 0. The molecular formula is C11H14O4. The quantitative estimate of drug-likeness (QED) is 0.549. The summed E-state index contributed by atoms with van der Waals surface area (Å²) in [6.07, 6.45) is 0.302. The minimum atomic E-state index is -0.445. The monoisotopic (exact) mass is 210 g/mol. The molecule has 4 heteroatoms. The Morgan fingerprint density at radius 1 is 1.20 bits per heavy atom. The summed E-state index contributed by atoms with van der Waals surface area (Å²) in [6.45, 7) is 0. The number of benzene rings is 1. The van der Waals surface area contributed by atoms with Crippen LogP contribution in [0.2, 0.25) is 0 Å². The fraction of sp³-hybridized carbons (Fsp3) is 0.364. The average molecular weight is 210 g/mol. The highest BCUT2D eigenvalue weighted by molar-refractivity contribution is 5.79. The molecule has 0 spiro atoms. The smallest absolute Gasteiger partial charge is 0.183 e. The van der Waals surface area contributed by atoms with Crippen LogP contribution in [0.3, 0.4) is 0 Å². The second-order valence-electron chi connectivity index (χ2n) is 2.92. The van der Waals surface area contributed by atoms with Crippen LogP contribution in [0, 0.1) is 0 Å². The highest BCUT2D eigenvalue weighted by Gasteiger charge is 2.11. The zero-order valence-corrected chi connectivity index (χ0v) is 9.02. The highest BCUT2D eigenvalue weighted by atomic mass is 16.7. The summed E-state index contributed by atoms with van der Waals surface area (Å²) in [5.74, 6) is 0.515. The van der Waals surface area contributed by atoms with Crippen molar-refractivity contribution in [3.8, 4) is 5.75 Å².